The molecule has 0 fully saturated rings. The zero-order valence-corrected chi connectivity index (χ0v) is 17.4. The van der Waals surface area contributed by atoms with Gasteiger partial charge in [0.05, 0.1) is 35.1 Å². The molecule has 32 heavy (non-hydrogen) atoms. The molecule has 2 heterocycles. The molecule has 0 bridgehead atoms. The molecule has 2 aromatic heterocycles. The summed E-state index contributed by atoms with van der Waals surface area (Å²) in [5.74, 6) is -0.241. The predicted molar refractivity (Wildman–Crippen MR) is 122 cm³/mol. The van der Waals surface area contributed by atoms with Crippen LogP contribution >= 0.6 is 0 Å². The highest BCUT2D eigenvalue weighted by Gasteiger charge is 2.19. The van der Waals surface area contributed by atoms with Gasteiger partial charge < -0.3 is 9.88 Å². The van der Waals surface area contributed by atoms with Crippen molar-refractivity contribution in [1.82, 2.24) is 9.55 Å². The summed E-state index contributed by atoms with van der Waals surface area (Å²) >= 11 is 0. The quantitative estimate of drug-likeness (QED) is 0.499. The van der Waals surface area contributed by atoms with Crippen LogP contribution in [0.4, 0.5) is 5.69 Å². The molecule has 0 atom stereocenters. The van der Waals surface area contributed by atoms with E-state index in [-0.39, 0.29) is 5.91 Å². The first kappa shape index (κ1) is 20.6. The zero-order chi connectivity index (χ0) is 22.5. The van der Waals surface area contributed by atoms with Gasteiger partial charge in [-0.25, -0.2) is 0 Å². The fraction of sp³-hybridized carbons (Fsp3) is 0.0769. The summed E-state index contributed by atoms with van der Waals surface area (Å²) < 4.78 is 1.96. The fourth-order valence-corrected chi connectivity index (χ4v) is 3.55. The normalized spacial score (nSPS) is 10.2. The molecule has 0 radical (unpaired) electrons. The van der Waals surface area contributed by atoms with Crippen LogP contribution in [0.3, 0.4) is 0 Å². The minimum atomic E-state index is -0.241. The first-order valence-electron chi connectivity index (χ1n) is 10.00. The number of nitrogens with one attached hydrogen (secondary N) is 1. The molecule has 1 N–H and O–H groups in total. The predicted octanol–water partition coefficient (Wildman–Crippen LogP) is 4.90. The summed E-state index contributed by atoms with van der Waals surface area (Å²) in [4.78, 5) is 17.2. The number of pyridine rings is 1. The Morgan fingerprint density at radius 3 is 2.25 bits per heavy atom. The van der Waals surface area contributed by atoms with Gasteiger partial charge in [0, 0.05) is 24.0 Å². The van der Waals surface area contributed by atoms with Crippen molar-refractivity contribution < 1.29 is 4.79 Å². The maximum absolute atomic E-state index is 13.2. The van der Waals surface area contributed by atoms with Crippen LogP contribution in [-0.4, -0.2) is 15.5 Å². The topological polar surface area (TPSA) is 94.5 Å². The number of rotatable bonds is 5. The number of anilines is 1. The van der Waals surface area contributed by atoms with E-state index in [0.717, 1.165) is 22.4 Å². The van der Waals surface area contributed by atoms with E-state index in [2.05, 4.69) is 22.4 Å². The van der Waals surface area contributed by atoms with Crippen molar-refractivity contribution in [2.24, 2.45) is 0 Å². The summed E-state index contributed by atoms with van der Waals surface area (Å²) in [6.45, 7) is 2.45. The zero-order valence-electron chi connectivity index (χ0n) is 17.4. The molecular formula is C26H19N5O. The molecule has 6 heteroatoms. The van der Waals surface area contributed by atoms with Gasteiger partial charge in [0.25, 0.3) is 5.91 Å². The van der Waals surface area contributed by atoms with E-state index < -0.39 is 0 Å². The smallest absolute Gasteiger partial charge is 0.272 e. The summed E-state index contributed by atoms with van der Waals surface area (Å²) in [6.07, 6.45) is 3.25. The van der Waals surface area contributed by atoms with Crippen LogP contribution in [0.5, 0.6) is 0 Å². The van der Waals surface area contributed by atoms with Gasteiger partial charge in [0.2, 0.25) is 0 Å². The summed E-state index contributed by atoms with van der Waals surface area (Å²) in [5, 5.41) is 21.0. The Morgan fingerprint density at radius 2 is 1.66 bits per heavy atom. The standard InChI is InChI=1S/C26H19N5O/c1-18-24(22-10-8-20(15-28)9-11-22)13-25(26(32)30-23-3-2-12-29-16-23)31(18)17-21-6-4-19(14-27)5-7-21/h2-13,16H,17H2,1H3,(H,30,32). The number of benzene rings is 2. The molecule has 154 valence electrons. The van der Waals surface area contributed by atoms with Crippen LogP contribution in [0, 0.1) is 29.6 Å². The number of carbonyl (C=O) groups is 1. The van der Waals surface area contributed by atoms with E-state index in [1.807, 2.05) is 41.8 Å². The third kappa shape index (κ3) is 4.26. The molecule has 0 aliphatic carbocycles. The third-order valence-corrected chi connectivity index (χ3v) is 5.27. The number of hydrogen-bond acceptors (Lipinski definition) is 4. The van der Waals surface area contributed by atoms with Crippen molar-refractivity contribution >= 4 is 11.6 Å². The molecule has 4 aromatic rings. The van der Waals surface area contributed by atoms with Crippen LogP contribution < -0.4 is 5.32 Å². The van der Waals surface area contributed by atoms with Crippen molar-refractivity contribution in [2.75, 3.05) is 5.32 Å². The van der Waals surface area contributed by atoms with Crippen LogP contribution in [0.25, 0.3) is 11.1 Å². The summed E-state index contributed by atoms with van der Waals surface area (Å²) in [6, 6.07) is 24.3. The van der Waals surface area contributed by atoms with E-state index in [1.54, 1.807) is 48.8 Å². The highest BCUT2D eigenvalue weighted by atomic mass is 16.1. The Labute approximate surface area is 186 Å². The van der Waals surface area contributed by atoms with Crippen molar-refractivity contribution in [3.8, 4) is 23.3 Å². The van der Waals surface area contributed by atoms with Crippen molar-refractivity contribution in [1.29, 1.82) is 10.5 Å². The molecule has 2 aromatic carbocycles. The monoisotopic (exact) mass is 417 g/mol. The number of nitrogens with zero attached hydrogens (tertiary/aromatic N) is 4. The molecule has 0 saturated carbocycles. The van der Waals surface area contributed by atoms with Crippen LogP contribution in [-0.2, 0) is 6.54 Å². The highest BCUT2D eigenvalue weighted by Crippen LogP contribution is 2.29. The van der Waals surface area contributed by atoms with E-state index in [4.69, 9.17) is 10.5 Å². The van der Waals surface area contributed by atoms with Gasteiger partial charge >= 0.3 is 0 Å². The second-order valence-corrected chi connectivity index (χ2v) is 7.31. The Kier molecular flexibility index (Phi) is 5.78. The maximum atomic E-state index is 13.2. The molecule has 0 aliphatic rings. The van der Waals surface area contributed by atoms with E-state index in [0.29, 0.717) is 29.1 Å². The molecule has 1 amide bonds. The molecule has 0 saturated heterocycles. The maximum Gasteiger partial charge on any atom is 0.272 e. The Bertz CT molecular complexity index is 1340. The number of hydrogen-bond donors (Lipinski definition) is 1. The fourth-order valence-electron chi connectivity index (χ4n) is 3.55. The summed E-state index contributed by atoms with van der Waals surface area (Å²) in [5.41, 5.74) is 6.04. The first-order valence-corrected chi connectivity index (χ1v) is 10.00. The number of amides is 1. The number of carbonyl (C=O) groups excluding carboxylic acids is 1. The van der Waals surface area contributed by atoms with Crippen LogP contribution in [0.2, 0.25) is 0 Å². The minimum absolute atomic E-state index is 0.241. The van der Waals surface area contributed by atoms with Gasteiger partial charge in [-0.05, 0) is 60.5 Å². The average molecular weight is 417 g/mol. The van der Waals surface area contributed by atoms with Gasteiger partial charge in [0.15, 0.2) is 0 Å². The Hall–Kier alpha value is -4.68. The highest BCUT2D eigenvalue weighted by molar-refractivity contribution is 6.04. The average Bonchev–Trinajstić information content (AvgIpc) is 3.16. The molecule has 6 nitrogen and oxygen atoms in total. The second-order valence-electron chi connectivity index (χ2n) is 7.31. The van der Waals surface area contributed by atoms with Crippen LogP contribution in [0.15, 0.2) is 79.1 Å². The number of nitriles is 2. The second kappa shape index (κ2) is 8.99. The van der Waals surface area contributed by atoms with Gasteiger partial charge in [-0.3, -0.25) is 9.78 Å². The molecule has 0 unspecified atom stereocenters. The van der Waals surface area contributed by atoms with Crippen molar-refractivity contribution in [3.05, 3.63) is 107 Å². The molecule has 0 aliphatic heterocycles. The molecule has 0 spiro atoms. The van der Waals surface area contributed by atoms with E-state index >= 15 is 0 Å². The minimum Gasteiger partial charge on any atom is -0.336 e. The van der Waals surface area contributed by atoms with Gasteiger partial charge in [0.1, 0.15) is 5.69 Å². The lowest BCUT2D eigenvalue weighted by Gasteiger charge is -2.13. The largest absolute Gasteiger partial charge is 0.336 e. The molecule has 4 rings (SSSR count). The van der Waals surface area contributed by atoms with Gasteiger partial charge in [-0.2, -0.15) is 10.5 Å². The lowest BCUT2D eigenvalue weighted by atomic mass is 10.0. The molecular weight excluding hydrogens is 398 g/mol. The SMILES string of the molecule is Cc1c(-c2ccc(C#N)cc2)cc(C(=O)Nc2cccnc2)n1Cc1ccc(C#N)cc1. The summed E-state index contributed by atoms with van der Waals surface area (Å²) in [7, 11) is 0. The van der Waals surface area contributed by atoms with E-state index in [9.17, 15) is 4.79 Å². The van der Waals surface area contributed by atoms with Gasteiger partial charge in [-0.1, -0.05) is 24.3 Å². The number of aromatic nitrogens is 2. The van der Waals surface area contributed by atoms with Crippen LogP contribution in [0.1, 0.15) is 32.9 Å². The Morgan fingerprint density at radius 1 is 1.00 bits per heavy atom. The lowest BCUT2D eigenvalue weighted by molar-refractivity contribution is 0.101. The third-order valence-electron chi connectivity index (χ3n) is 5.27. The van der Waals surface area contributed by atoms with E-state index in [1.165, 1.54) is 0 Å². The van der Waals surface area contributed by atoms with Crippen molar-refractivity contribution in [2.45, 2.75) is 13.5 Å². The van der Waals surface area contributed by atoms with Crippen molar-refractivity contribution in [3.63, 3.8) is 0 Å². The Balaban J connectivity index is 1.75. The van der Waals surface area contributed by atoms with Gasteiger partial charge in [-0.15, -0.1) is 0 Å². The first-order chi connectivity index (χ1) is 15.6. The lowest BCUT2D eigenvalue weighted by Crippen LogP contribution is -2.18.